The molecule has 6 heteroatoms. The molecule has 0 aliphatic carbocycles. The Morgan fingerprint density at radius 2 is 1.86 bits per heavy atom. The number of benzene rings is 2. The highest BCUT2D eigenvalue weighted by atomic mass is 79.9. The van der Waals surface area contributed by atoms with Crippen molar-refractivity contribution in [3.8, 4) is 5.75 Å². The Morgan fingerprint density at radius 1 is 1.14 bits per heavy atom. The van der Waals surface area contributed by atoms with Gasteiger partial charge in [-0.05, 0) is 36.8 Å². The molecule has 22 heavy (non-hydrogen) atoms. The van der Waals surface area contributed by atoms with E-state index < -0.39 is 10.0 Å². The first kappa shape index (κ1) is 16.8. The molecule has 0 heterocycles. The molecule has 0 amide bonds. The highest BCUT2D eigenvalue weighted by Crippen LogP contribution is 2.22. The number of sulfonamides is 1. The van der Waals surface area contributed by atoms with Crippen LogP contribution in [0.2, 0.25) is 0 Å². The standard InChI is InChI=1S/C16H18BrNO3S/c1-13-6-3-4-9-16(13)21-11-10-18(22(2,19)20)15-8-5-7-14(17)12-15/h3-9,12H,10-11H2,1-2H3. The van der Waals surface area contributed by atoms with Crippen molar-refractivity contribution < 1.29 is 13.2 Å². The van der Waals surface area contributed by atoms with Gasteiger partial charge >= 0.3 is 0 Å². The van der Waals surface area contributed by atoms with Crippen molar-refractivity contribution >= 4 is 31.6 Å². The van der Waals surface area contributed by atoms with Gasteiger partial charge in [0.2, 0.25) is 10.0 Å². The molecule has 4 nitrogen and oxygen atoms in total. The minimum absolute atomic E-state index is 0.254. The molecular formula is C16H18BrNO3S. The lowest BCUT2D eigenvalue weighted by atomic mass is 10.2. The highest BCUT2D eigenvalue weighted by molar-refractivity contribution is 9.10. The van der Waals surface area contributed by atoms with Crippen molar-refractivity contribution in [3.05, 3.63) is 58.6 Å². The van der Waals surface area contributed by atoms with Crippen molar-refractivity contribution in [1.82, 2.24) is 0 Å². The van der Waals surface area contributed by atoms with Gasteiger partial charge < -0.3 is 4.74 Å². The molecule has 0 aromatic heterocycles. The topological polar surface area (TPSA) is 46.6 Å². The molecule has 0 atom stereocenters. The van der Waals surface area contributed by atoms with E-state index in [1.54, 1.807) is 18.2 Å². The summed E-state index contributed by atoms with van der Waals surface area (Å²) >= 11 is 3.36. The number of hydrogen-bond acceptors (Lipinski definition) is 3. The molecule has 118 valence electrons. The average molecular weight is 384 g/mol. The van der Waals surface area contributed by atoms with Crippen molar-refractivity contribution in [2.24, 2.45) is 0 Å². The van der Waals surface area contributed by atoms with Crippen LogP contribution in [0, 0.1) is 6.92 Å². The van der Waals surface area contributed by atoms with Crippen LogP contribution >= 0.6 is 15.9 Å². The molecule has 2 aromatic carbocycles. The summed E-state index contributed by atoms with van der Waals surface area (Å²) in [6.45, 7) is 2.49. The minimum Gasteiger partial charge on any atom is -0.491 e. The first-order valence-corrected chi connectivity index (χ1v) is 9.44. The lowest BCUT2D eigenvalue weighted by Gasteiger charge is -2.23. The van der Waals surface area contributed by atoms with E-state index in [0.29, 0.717) is 5.69 Å². The Bertz CT molecular complexity index is 747. The summed E-state index contributed by atoms with van der Waals surface area (Å²) in [5.74, 6) is 0.769. The molecule has 0 radical (unpaired) electrons. The quantitative estimate of drug-likeness (QED) is 0.765. The SMILES string of the molecule is Cc1ccccc1OCCN(c1cccc(Br)c1)S(C)(=O)=O. The highest BCUT2D eigenvalue weighted by Gasteiger charge is 2.17. The van der Waals surface area contributed by atoms with Crippen LogP contribution in [0.25, 0.3) is 0 Å². The van der Waals surface area contributed by atoms with Crippen LogP contribution < -0.4 is 9.04 Å². The second kappa shape index (κ2) is 7.15. The summed E-state index contributed by atoms with van der Waals surface area (Å²) in [5.41, 5.74) is 1.64. The van der Waals surface area contributed by atoms with Gasteiger partial charge in [0.1, 0.15) is 12.4 Å². The lowest BCUT2D eigenvalue weighted by molar-refractivity contribution is 0.326. The Labute approximate surface area is 139 Å². The zero-order chi connectivity index (χ0) is 16.2. The van der Waals surface area contributed by atoms with Crippen LogP contribution in [0.5, 0.6) is 5.75 Å². The molecule has 0 spiro atoms. The van der Waals surface area contributed by atoms with E-state index in [-0.39, 0.29) is 13.2 Å². The second-order valence-electron chi connectivity index (χ2n) is 4.93. The maximum Gasteiger partial charge on any atom is 0.232 e. The predicted octanol–water partition coefficient (Wildman–Crippen LogP) is 3.60. The Morgan fingerprint density at radius 3 is 2.50 bits per heavy atom. The molecule has 0 saturated carbocycles. The third-order valence-corrected chi connectivity index (χ3v) is 4.83. The van der Waals surface area contributed by atoms with Gasteiger partial charge in [-0.1, -0.05) is 40.2 Å². The summed E-state index contributed by atoms with van der Waals surface area (Å²) in [4.78, 5) is 0. The van der Waals surface area contributed by atoms with Crippen molar-refractivity contribution in [1.29, 1.82) is 0 Å². The number of anilines is 1. The number of para-hydroxylation sites is 1. The van der Waals surface area contributed by atoms with Gasteiger partial charge in [0.05, 0.1) is 18.5 Å². The van der Waals surface area contributed by atoms with Crippen molar-refractivity contribution in [2.75, 3.05) is 23.7 Å². The zero-order valence-corrected chi connectivity index (χ0v) is 14.9. The summed E-state index contributed by atoms with van der Waals surface area (Å²) in [6, 6.07) is 14.9. The Kier molecular flexibility index (Phi) is 5.47. The fourth-order valence-electron chi connectivity index (χ4n) is 2.07. The fourth-order valence-corrected chi connectivity index (χ4v) is 3.36. The third-order valence-electron chi connectivity index (χ3n) is 3.14. The molecule has 0 aliphatic heterocycles. The van der Waals surface area contributed by atoms with E-state index in [0.717, 1.165) is 15.8 Å². The van der Waals surface area contributed by atoms with E-state index in [1.165, 1.54) is 10.6 Å². The zero-order valence-electron chi connectivity index (χ0n) is 12.5. The van der Waals surface area contributed by atoms with E-state index in [2.05, 4.69) is 15.9 Å². The number of hydrogen-bond donors (Lipinski definition) is 0. The molecule has 2 rings (SSSR count). The van der Waals surface area contributed by atoms with Crippen LogP contribution in [0.4, 0.5) is 5.69 Å². The largest absolute Gasteiger partial charge is 0.491 e. The second-order valence-corrected chi connectivity index (χ2v) is 7.75. The van der Waals surface area contributed by atoms with E-state index >= 15 is 0 Å². The third kappa shape index (κ3) is 4.48. The summed E-state index contributed by atoms with van der Waals surface area (Å²) < 4.78 is 31.9. The van der Waals surface area contributed by atoms with Gasteiger partial charge in [0.15, 0.2) is 0 Å². The number of rotatable bonds is 6. The minimum atomic E-state index is -3.37. The van der Waals surface area contributed by atoms with Crippen LogP contribution in [-0.4, -0.2) is 27.8 Å². The first-order valence-electron chi connectivity index (χ1n) is 6.79. The normalized spacial score (nSPS) is 11.2. The molecular weight excluding hydrogens is 366 g/mol. The Balaban J connectivity index is 2.11. The molecule has 0 bridgehead atoms. The maximum atomic E-state index is 12.0. The average Bonchev–Trinajstić information content (AvgIpc) is 2.44. The number of ether oxygens (including phenoxy) is 1. The maximum absolute atomic E-state index is 12.0. The summed E-state index contributed by atoms with van der Waals surface area (Å²) in [5, 5.41) is 0. The smallest absolute Gasteiger partial charge is 0.232 e. The molecule has 2 aromatic rings. The lowest BCUT2D eigenvalue weighted by Crippen LogP contribution is -2.33. The first-order chi connectivity index (χ1) is 10.4. The monoisotopic (exact) mass is 383 g/mol. The van der Waals surface area contributed by atoms with Crippen molar-refractivity contribution in [2.45, 2.75) is 6.92 Å². The van der Waals surface area contributed by atoms with E-state index in [4.69, 9.17) is 4.74 Å². The molecule has 0 saturated heterocycles. The Hall–Kier alpha value is -1.53. The van der Waals surface area contributed by atoms with Gasteiger partial charge in [-0.15, -0.1) is 0 Å². The molecule has 0 aliphatic rings. The van der Waals surface area contributed by atoms with Crippen LogP contribution in [0.3, 0.4) is 0 Å². The molecule has 0 fully saturated rings. The predicted molar refractivity (Wildman–Crippen MR) is 93.0 cm³/mol. The van der Waals surface area contributed by atoms with Gasteiger partial charge in [0.25, 0.3) is 0 Å². The van der Waals surface area contributed by atoms with Gasteiger partial charge in [-0.3, -0.25) is 4.31 Å². The number of halogens is 1. The fraction of sp³-hybridized carbons (Fsp3) is 0.250. The summed E-state index contributed by atoms with van der Waals surface area (Å²) in [7, 11) is -3.37. The van der Waals surface area contributed by atoms with Gasteiger partial charge in [-0.25, -0.2) is 8.42 Å². The van der Waals surface area contributed by atoms with Crippen LogP contribution in [0.15, 0.2) is 53.0 Å². The van der Waals surface area contributed by atoms with Crippen LogP contribution in [-0.2, 0) is 10.0 Å². The molecule has 0 N–H and O–H groups in total. The van der Waals surface area contributed by atoms with Gasteiger partial charge in [0, 0.05) is 4.47 Å². The van der Waals surface area contributed by atoms with E-state index in [1.807, 2.05) is 37.3 Å². The number of aryl methyl sites for hydroxylation is 1. The van der Waals surface area contributed by atoms with E-state index in [9.17, 15) is 8.42 Å². The summed E-state index contributed by atoms with van der Waals surface area (Å²) in [6.07, 6.45) is 1.20. The van der Waals surface area contributed by atoms with Crippen molar-refractivity contribution in [3.63, 3.8) is 0 Å². The van der Waals surface area contributed by atoms with Crippen LogP contribution in [0.1, 0.15) is 5.56 Å². The number of nitrogens with zero attached hydrogens (tertiary/aromatic N) is 1. The molecule has 0 unspecified atom stereocenters. The van der Waals surface area contributed by atoms with Gasteiger partial charge in [-0.2, -0.15) is 0 Å².